The summed E-state index contributed by atoms with van der Waals surface area (Å²) in [5.74, 6) is 0. The summed E-state index contributed by atoms with van der Waals surface area (Å²) in [6.07, 6.45) is 0. The van der Waals surface area contributed by atoms with Gasteiger partial charge in [-0.3, -0.25) is 0 Å². The molecule has 3 rings (SSSR count). The zero-order valence-corrected chi connectivity index (χ0v) is 12.9. The van der Waals surface area contributed by atoms with Crippen LogP contribution >= 0.6 is 0 Å². The first-order chi connectivity index (χ1) is 10.5. The summed E-state index contributed by atoms with van der Waals surface area (Å²) >= 11 is 0. The van der Waals surface area contributed by atoms with Gasteiger partial charge in [0.2, 0.25) is 0 Å². The number of hydrogen-bond acceptors (Lipinski definition) is 4. The second kappa shape index (κ2) is 5.64. The van der Waals surface area contributed by atoms with Gasteiger partial charge in [0.25, 0.3) is 6.01 Å². The van der Waals surface area contributed by atoms with E-state index in [0.717, 1.165) is 11.1 Å². The van der Waals surface area contributed by atoms with E-state index in [4.69, 9.17) is 4.42 Å². The molecule has 1 atom stereocenters. The van der Waals surface area contributed by atoms with E-state index in [9.17, 15) is 4.79 Å². The Morgan fingerprint density at radius 3 is 2.55 bits per heavy atom. The predicted molar refractivity (Wildman–Crippen MR) is 88.2 cm³/mol. The van der Waals surface area contributed by atoms with Crippen molar-refractivity contribution < 1.29 is 4.42 Å². The normalized spacial score (nSPS) is 12.3. The SMILES string of the molecule is Cc1ccc([C@@H](C)Nc2nc3cccc(C)c3c(=O)o2)cc1. The van der Waals surface area contributed by atoms with Crippen LogP contribution in [0, 0.1) is 13.8 Å². The van der Waals surface area contributed by atoms with Gasteiger partial charge in [0.05, 0.1) is 16.9 Å². The van der Waals surface area contributed by atoms with Gasteiger partial charge in [-0.2, -0.15) is 4.98 Å². The molecule has 0 aliphatic heterocycles. The minimum atomic E-state index is -0.360. The van der Waals surface area contributed by atoms with Crippen LogP contribution in [0.3, 0.4) is 0 Å². The zero-order chi connectivity index (χ0) is 15.7. The first-order valence-corrected chi connectivity index (χ1v) is 7.28. The molecule has 0 spiro atoms. The highest BCUT2D eigenvalue weighted by molar-refractivity contribution is 5.81. The van der Waals surface area contributed by atoms with E-state index < -0.39 is 0 Å². The summed E-state index contributed by atoms with van der Waals surface area (Å²) in [7, 11) is 0. The lowest BCUT2D eigenvalue weighted by Crippen LogP contribution is -2.12. The van der Waals surface area contributed by atoms with Gasteiger partial charge in [-0.15, -0.1) is 0 Å². The number of aryl methyl sites for hydroxylation is 2. The maximum atomic E-state index is 12.1. The Morgan fingerprint density at radius 2 is 1.82 bits per heavy atom. The quantitative estimate of drug-likeness (QED) is 0.794. The van der Waals surface area contributed by atoms with E-state index in [1.54, 1.807) is 0 Å². The van der Waals surface area contributed by atoms with Crippen molar-refractivity contribution in [3.63, 3.8) is 0 Å². The second-order valence-electron chi connectivity index (χ2n) is 5.55. The van der Waals surface area contributed by atoms with E-state index >= 15 is 0 Å². The third-order valence-electron chi connectivity index (χ3n) is 3.78. The molecule has 1 N–H and O–H groups in total. The Balaban J connectivity index is 1.94. The highest BCUT2D eigenvalue weighted by Gasteiger charge is 2.11. The molecular weight excluding hydrogens is 276 g/mol. The Hall–Kier alpha value is -2.62. The fourth-order valence-corrected chi connectivity index (χ4v) is 2.47. The van der Waals surface area contributed by atoms with Crippen LogP contribution in [0.1, 0.15) is 29.7 Å². The molecule has 3 aromatic rings. The molecular formula is C18H18N2O2. The van der Waals surface area contributed by atoms with E-state index in [1.807, 2.05) is 39.0 Å². The van der Waals surface area contributed by atoms with Gasteiger partial charge in [0.1, 0.15) is 0 Å². The molecule has 0 amide bonds. The lowest BCUT2D eigenvalue weighted by atomic mass is 10.1. The number of rotatable bonds is 3. The van der Waals surface area contributed by atoms with Crippen molar-refractivity contribution in [3.8, 4) is 0 Å². The van der Waals surface area contributed by atoms with Crippen LogP contribution in [0.4, 0.5) is 6.01 Å². The van der Waals surface area contributed by atoms with Crippen LogP contribution in [0.25, 0.3) is 10.9 Å². The monoisotopic (exact) mass is 294 g/mol. The molecule has 0 bridgehead atoms. The number of nitrogens with one attached hydrogen (secondary N) is 1. The summed E-state index contributed by atoms with van der Waals surface area (Å²) in [6.45, 7) is 5.93. The number of aromatic nitrogens is 1. The first-order valence-electron chi connectivity index (χ1n) is 7.28. The molecule has 0 aliphatic rings. The van der Waals surface area contributed by atoms with Crippen molar-refractivity contribution in [3.05, 3.63) is 69.6 Å². The molecule has 112 valence electrons. The lowest BCUT2D eigenvalue weighted by Gasteiger charge is -2.14. The van der Waals surface area contributed by atoms with Crippen molar-refractivity contribution in [2.75, 3.05) is 5.32 Å². The Bertz CT molecular complexity index is 866. The van der Waals surface area contributed by atoms with E-state index in [-0.39, 0.29) is 17.7 Å². The van der Waals surface area contributed by atoms with Crippen molar-refractivity contribution in [1.29, 1.82) is 0 Å². The molecule has 1 aromatic heterocycles. The van der Waals surface area contributed by atoms with Crippen molar-refractivity contribution in [2.24, 2.45) is 0 Å². The number of benzene rings is 2. The van der Waals surface area contributed by atoms with Crippen LogP contribution in [0.15, 0.2) is 51.7 Å². The largest absolute Gasteiger partial charge is 0.389 e. The van der Waals surface area contributed by atoms with Crippen LogP contribution in [0.5, 0.6) is 0 Å². The first kappa shape index (κ1) is 14.3. The van der Waals surface area contributed by atoms with Crippen LogP contribution in [-0.4, -0.2) is 4.98 Å². The third-order valence-corrected chi connectivity index (χ3v) is 3.78. The van der Waals surface area contributed by atoms with Gasteiger partial charge >= 0.3 is 5.63 Å². The molecule has 0 saturated heterocycles. The number of fused-ring (bicyclic) bond motifs is 1. The summed E-state index contributed by atoms with van der Waals surface area (Å²) in [4.78, 5) is 16.5. The van der Waals surface area contributed by atoms with E-state index in [0.29, 0.717) is 10.9 Å². The van der Waals surface area contributed by atoms with E-state index in [2.05, 4.69) is 34.6 Å². The maximum absolute atomic E-state index is 12.1. The fourth-order valence-electron chi connectivity index (χ4n) is 2.47. The lowest BCUT2D eigenvalue weighted by molar-refractivity contribution is 0.510. The Morgan fingerprint density at radius 1 is 1.09 bits per heavy atom. The molecule has 1 heterocycles. The molecule has 0 fully saturated rings. The number of nitrogens with zero attached hydrogens (tertiary/aromatic N) is 1. The molecule has 4 nitrogen and oxygen atoms in total. The summed E-state index contributed by atoms with van der Waals surface area (Å²) in [6, 6.07) is 14.0. The van der Waals surface area contributed by atoms with Crippen molar-refractivity contribution in [1.82, 2.24) is 4.98 Å². The highest BCUT2D eigenvalue weighted by Crippen LogP contribution is 2.20. The van der Waals surface area contributed by atoms with Gasteiger partial charge in [-0.25, -0.2) is 4.79 Å². The maximum Gasteiger partial charge on any atom is 0.348 e. The summed E-state index contributed by atoms with van der Waals surface area (Å²) in [5.41, 5.74) is 3.48. The summed E-state index contributed by atoms with van der Waals surface area (Å²) in [5, 5.41) is 3.69. The Labute approximate surface area is 128 Å². The van der Waals surface area contributed by atoms with Gasteiger partial charge in [0, 0.05) is 0 Å². The number of anilines is 1. The molecule has 22 heavy (non-hydrogen) atoms. The van der Waals surface area contributed by atoms with Crippen LogP contribution in [-0.2, 0) is 0 Å². The van der Waals surface area contributed by atoms with Gasteiger partial charge in [0.15, 0.2) is 0 Å². The Kier molecular flexibility index (Phi) is 3.67. The fraction of sp³-hybridized carbons (Fsp3) is 0.222. The van der Waals surface area contributed by atoms with Gasteiger partial charge < -0.3 is 9.73 Å². The predicted octanol–water partition coefficient (Wildman–Crippen LogP) is 3.98. The van der Waals surface area contributed by atoms with Gasteiger partial charge in [-0.05, 0) is 38.0 Å². The van der Waals surface area contributed by atoms with Crippen molar-refractivity contribution in [2.45, 2.75) is 26.8 Å². The highest BCUT2D eigenvalue weighted by atomic mass is 16.4. The van der Waals surface area contributed by atoms with E-state index in [1.165, 1.54) is 5.56 Å². The average Bonchev–Trinajstić information content (AvgIpc) is 2.47. The number of hydrogen-bond donors (Lipinski definition) is 1. The molecule has 0 aliphatic carbocycles. The minimum absolute atomic E-state index is 0.00138. The molecule has 0 radical (unpaired) electrons. The minimum Gasteiger partial charge on any atom is -0.389 e. The summed E-state index contributed by atoms with van der Waals surface area (Å²) < 4.78 is 5.31. The standard InChI is InChI=1S/C18H18N2O2/c1-11-7-9-14(10-8-11)13(3)19-18-20-15-6-4-5-12(2)16(15)17(21)22-18/h4-10,13H,1-3H3,(H,19,20)/t13-/m1/s1. The third kappa shape index (κ3) is 2.72. The van der Waals surface area contributed by atoms with Gasteiger partial charge in [-0.1, -0.05) is 42.0 Å². The smallest absolute Gasteiger partial charge is 0.348 e. The van der Waals surface area contributed by atoms with Crippen LogP contribution in [0.2, 0.25) is 0 Å². The molecule has 4 heteroatoms. The molecule has 0 unspecified atom stereocenters. The molecule has 2 aromatic carbocycles. The van der Waals surface area contributed by atoms with Crippen molar-refractivity contribution >= 4 is 16.9 Å². The molecule has 0 saturated carbocycles. The second-order valence-corrected chi connectivity index (χ2v) is 5.55. The zero-order valence-electron chi connectivity index (χ0n) is 12.9. The average molecular weight is 294 g/mol. The van der Waals surface area contributed by atoms with Crippen LogP contribution < -0.4 is 10.9 Å². The topological polar surface area (TPSA) is 55.1 Å².